The lowest BCUT2D eigenvalue weighted by Crippen LogP contribution is -2.47. The van der Waals surface area contributed by atoms with Crippen LogP contribution in [0, 0.1) is 20.8 Å². The molecule has 2 aromatic carbocycles. The molecule has 168 valence electrons. The summed E-state index contributed by atoms with van der Waals surface area (Å²) in [5.74, 6) is -0.213. The van der Waals surface area contributed by atoms with Gasteiger partial charge in [-0.2, -0.15) is 4.31 Å². The van der Waals surface area contributed by atoms with E-state index in [1.54, 1.807) is 28.6 Å². The Kier molecular flexibility index (Phi) is 7.19. The minimum absolute atomic E-state index is 0.0448. The third-order valence-corrected chi connectivity index (χ3v) is 7.97. The van der Waals surface area contributed by atoms with E-state index in [2.05, 4.69) is 43.1 Å². The lowest BCUT2D eigenvalue weighted by Gasteiger charge is -2.31. The summed E-state index contributed by atoms with van der Waals surface area (Å²) in [5.41, 5.74) is 5.91. The Morgan fingerprint density at radius 1 is 0.968 bits per heavy atom. The zero-order valence-electron chi connectivity index (χ0n) is 19.1. The molecular weight excluding hydrogens is 410 g/mol. The molecule has 0 saturated carbocycles. The van der Waals surface area contributed by atoms with Gasteiger partial charge in [-0.3, -0.25) is 4.79 Å². The number of piperazine rings is 1. The summed E-state index contributed by atoms with van der Waals surface area (Å²) in [7, 11) is -1.36. The highest BCUT2D eigenvalue weighted by molar-refractivity contribution is 7.88. The second-order valence-electron chi connectivity index (χ2n) is 8.64. The first-order valence-electron chi connectivity index (χ1n) is 10.7. The average molecular weight is 444 g/mol. The molecule has 3 rings (SSSR count). The quantitative estimate of drug-likeness (QED) is 0.745. The first kappa shape index (κ1) is 23.4. The fraction of sp³-hybridized carbons (Fsp3) is 0.458. The number of aryl methyl sites for hydroxylation is 3. The van der Waals surface area contributed by atoms with Crippen LogP contribution in [0.5, 0.6) is 0 Å². The fourth-order valence-electron chi connectivity index (χ4n) is 3.93. The highest BCUT2D eigenvalue weighted by atomic mass is 32.2. The van der Waals surface area contributed by atoms with Crippen molar-refractivity contribution in [2.45, 2.75) is 39.5 Å². The van der Waals surface area contributed by atoms with Crippen molar-refractivity contribution in [3.05, 3.63) is 69.8 Å². The summed E-state index contributed by atoms with van der Waals surface area (Å²) in [6.45, 7) is 10.7. The van der Waals surface area contributed by atoms with Crippen LogP contribution in [-0.4, -0.2) is 56.8 Å². The predicted octanol–water partition coefficient (Wildman–Crippen LogP) is 3.18. The van der Waals surface area contributed by atoms with Crippen LogP contribution >= 0.6 is 0 Å². The molecule has 0 aromatic heterocycles. The van der Waals surface area contributed by atoms with Crippen molar-refractivity contribution in [1.29, 1.82) is 0 Å². The van der Waals surface area contributed by atoms with Crippen LogP contribution in [0.25, 0.3) is 0 Å². The number of sulfonamides is 1. The van der Waals surface area contributed by atoms with Crippen molar-refractivity contribution in [2.75, 3.05) is 33.2 Å². The molecule has 1 fully saturated rings. The second-order valence-corrected chi connectivity index (χ2v) is 10.6. The van der Waals surface area contributed by atoms with E-state index in [1.165, 1.54) is 11.1 Å². The number of carbonyl (C=O) groups excluding carboxylic acids is 1. The number of rotatable bonds is 6. The van der Waals surface area contributed by atoms with E-state index in [-0.39, 0.29) is 17.7 Å². The molecule has 1 amide bonds. The van der Waals surface area contributed by atoms with Gasteiger partial charge in [-0.1, -0.05) is 24.3 Å². The van der Waals surface area contributed by atoms with Gasteiger partial charge in [-0.25, -0.2) is 8.42 Å². The van der Waals surface area contributed by atoms with Crippen LogP contribution < -0.4 is 5.32 Å². The van der Waals surface area contributed by atoms with Gasteiger partial charge in [0.1, 0.15) is 0 Å². The summed E-state index contributed by atoms with van der Waals surface area (Å²) in [4.78, 5) is 14.8. The minimum Gasteiger partial charge on any atom is -0.346 e. The first-order chi connectivity index (χ1) is 14.6. The van der Waals surface area contributed by atoms with Gasteiger partial charge in [0.15, 0.2) is 0 Å². The van der Waals surface area contributed by atoms with Crippen LogP contribution in [0.15, 0.2) is 36.4 Å². The fourth-order valence-corrected chi connectivity index (χ4v) is 5.44. The minimum atomic E-state index is -3.35. The van der Waals surface area contributed by atoms with E-state index in [0.717, 1.165) is 24.2 Å². The number of benzene rings is 2. The number of hydrogen-bond acceptors (Lipinski definition) is 4. The van der Waals surface area contributed by atoms with E-state index >= 15 is 0 Å². The molecule has 1 saturated heterocycles. The summed E-state index contributed by atoms with van der Waals surface area (Å²) in [6.07, 6.45) is 0. The van der Waals surface area contributed by atoms with Crippen LogP contribution in [0.2, 0.25) is 0 Å². The zero-order valence-corrected chi connectivity index (χ0v) is 19.9. The Hall–Kier alpha value is -2.22. The van der Waals surface area contributed by atoms with E-state index in [0.29, 0.717) is 24.2 Å². The highest BCUT2D eigenvalue weighted by Gasteiger charge is 2.26. The molecule has 7 heteroatoms. The molecule has 2 aromatic rings. The highest BCUT2D eigenvalue weighted by Crippen LogP contribution is 2.22. The normalized spacial score (nSPS) is 16.8. The second kappa shape index (κ2) is 9.51. The molecular formula is C24H33N3O3S. The smallest absolute Gasteiger partial charge is 0.251 e. The molecule has 1 atom stereocenters. The molecule has 1 unspecified atom stereocenters. The summed E-state index contributed by atoms with van der Waals surface area (Å²) in [5, 5.41) is 3.05. The van der Waals surface area contributed by atoms with E-state index < -0.39 is 10.0 Å². The van der Waals surface area contributed by atoms with E-state index in [1.807, 2.05) is 14.0 Å². The monoisotopic (exact) mass is 443 g/mol. The van der Waals surface area contributed by atoms with Crippen molar-refractivity contribution < 1.29 is 13.2 Å². The van der Waals surface area contributed by atoms with Gasteiger partial charge < -0.3 is 10.2 Å². The van der Waals surface area contributed by atoms with Crippen LogP contribution in [-0.2, 0) is 15.8 Å². The molecule has 6 nitrogen and oxygen atoms in total. The topological polar surface area (TPSA) is 69.7 Å². The summed E-state index contributed by atoms with van der Waals surface area (Å²) >= 11 is 0. The number of amides is 1. The van der Waals surface area contributed by atoms with Gasteiger partial charge in [-0.15, -0.1) is 0 Å². The molecule has 31 heavy (non-hydrogen) atoms. The Morgan fingerprint density at radius 3 is 2.16 bits per heavy atom. The Balaban J connectivity index is 1.64. The zero-order chi connectivity index (χ0) is 22.8. The van der Waals surface area contributed by atoms with Crippen molar-refractivity contribution in [2.24, 2.45) is 0 Å². The van der Waals surface area contributed by atoms with Crippen molar-refractivity contribution in [3.8, 4) is 0 Å². The largest absolute Gasteiger partial charge is 0.346 e. The van der Waals surface area contributed by atoms with Gasteiger partial charge in [0.2, 0.25) is 10.0 Å². The molecule has 1 aliphatic rings. The third-order valence-electron chi connectivity index (χ3n) is 6.12. The standard InChI is InChI=1S/C24H33N3O3S/c1-17-14-19(3)23(15-18(17)2)20(4)25-24(28)22-8-6-21(7-9-22)16-31(29,30)27-12-10-26(5)11-13-27/h6-9,14-15,20H,10-13,16H2,1-5H3,(H,25,28). The Labute approximate surface area is 186 Å². The lowest BCUT2D eigenvalue weighted by atomic mass is 9.96. The maximum absolute atomic E-state index is 12.7. The van der Waals surface area contributed by atoms with Gasteiger partial charge in [0.25, 0.3) is 5.91 Å². The van der Waals surface area contributed by atoms with Crippen molar-refractivity contribution >= 4 is 15.9 Å². The van der Waals surface area contributed by atoms with Gasteiger partial charge in [0, 0.05) is 31.7 Å². The molecule has 1 N–H and O–H groups in total. The maximum atomic E-state index is 12.7. The summed E-state index contributed by atoms with van der Waals surface area (Å²) in [6, 6.07) is 11.0. The Bertz CT molecular complexity index is 1040. The van der Waals surface area contributed by atoms with Gasteiger partial charge in [-0.05, 0) is 74.7 Å². The van der Waals surface area contributed by atoms with Gasteiger partial charge >= 0.3 is 0 Å². The van der Waals surface area contributed by atoms with E-state index in [9.17, 15) is 13.2 Å². The maximum Gasteiger partial charge on any atom is 0.251 e. The average Bonchev–Trinajstić information content (AvgIpc) is 2.71. The third kappa shape index (κ3) is 5.73. The summed E-state index contributed by atoms with van der Waals surface area (Å²) < 4.78 is 26.9. The van der Waals surface area contributed by atoms with Crippen LogP contribution in [0.4, 0.5) is 0 Å². The Morgan fingerprint density at radius 2 is 1.55 bits per heavy atom. The number of likely N-dealkylation sites (N-methyl/N-ethyl adjacent to an activating group) is 1. The molecule has 1 aliphatic heterocycles. The molecule has 1 heterocycles. The lowest BCUT2D eigenvalue weighted by molar-refractivity contribution is 0.0940. The molecule has 0 spiro atoms. The number of carbonyl (C=O) groups is 1. The van der Waals surface area contributed by atoms with Gasteiger partial charge in [0.05, 0.1) is 11.8 Å². The number of hydrogen-bond donors (Lipinski definition) is 1. The molecule has 0 radical (unpaired) electrons. The predicted molar refractivity (Wildman–Crippen MR) is 125 cm³/mol. The van der Waals surface area contributed by atoms with Crippen molar-refractivity contribution in [1.82, 2.24) is 14.5 Å². The van der Waals surface area contributed by atoms with Crippen molar-refractivity contribution in [3.63, 3.8) is 0 Å². The van der Waals surface area contributed by atoms with E-state index in [4.69, 9.17) is 0 Å². The van der Waals surface area contributed by atoms with Crippen LogP contribution in [0.3, 0.4) is 0 Å². The van der Waals surface area contributed by atoms with Crippen LogP contribution in [0.1, 0.15) is 51.1 Å². The SMILES string of the molecule is Cc1cc(C)c(C(C)NC(=O)c2ccc(CS(=O)(=O)N3CCN(C)CC3)cc2)cc1C. The first-order valence-corrected chi connectivity index (χ1v) is 12.3. The molecule has 0 aliphatic carbocycles. The molecule has 0 bridgehead atoms. The number of nitrogens with one attached hydrogen (secondary N) is 1. The number of nitrogens with zero attached hydrogens (tertiary/aromatic N) is 2.